The Morgan fingerprint density at radius 3 is 2.55 bits per heavy atom. The molecule has 108 valence electrons. The van der Waals surface area contributed by atoms with Crippen molar-refractivity contribution in [2.75, 3.05) is 0 Å². The number of benzene rings is 1. The molecule has 0 aliphatic rings. The maximum atomic E-state index is 5.99. The van der Waals surface area contributed by atoms with Crippen LogP contribution >= 0.6 is 0 Å². The highest BCUT2D eigenvalue weighted by atomic mass is 16.5. The van der Waals surface area contributed by atoms with Crippen LogP contribution in [0.4, 0.5) is 0 Å². The standard InChI is InChI=1S/C15H22N4O/c1-4-14(16)12-5-7-13(8-6-12)20-9-15-17-10-18-19(15)11(2)3/h5-8,10-11,14H,4,9,16H2,1-3H3/t14-/m1/s1. The zero-order valence-electron chi connectivity index (χ0n) is 12.3. The van der Waals surface area contributed by atoms with E-state index in [-0.39, 0.29) is 12.1 Å². The molecule has 2 N–H and O–H groups in total. The molecule has 0 spiro atoms. The zero-order valence-corrected chi connectivity index (χ0v) is 12.3. The summed E-state index contributed by atoms with van der Waals surface area (Å²) in [5.41, 5.74) is 7.12. The molecule has 0 aliphatic carbocycles. The van der Waals surface area contributed by atoms with Gasteiger partial charge in [0.05, 0.1) is 0 Å². The second-order valence-electron chi connectivity index (χ2n) is 5.09. The predicted octanol–water partition coefficient (Wildman–Crippen LogP) is 2.85. The van der Waals surface area contributed by atoms with Crippen molar-refractivity contribution in [2.24, 2.45) is 5.73 Å². The molecule has 1 atom stereocenters. The van der Waals surface area contributed by atoms with Crippen LogP contribution in [0.2, 0.25) is 0 Å². The monoisotopic (exact) mass is 274 g/mol. The fraction of sp³-hybridized carbons (Fsp3) is 0.467. The van der Waals surface area contributed by atoms with E-state index in [4.69, 9.17) is 10.5 Å². The van der Waals surface area contributed by atoms with Gasteiger partial charge in [-0.15, -0.1) is 0 Å². The van der Waals surface area contributed by atoms with Crippen molar-refractivity contribution < 1.29 is 4.74 Å². The fourth-order valence-corrected chi connectivity index (χ4v) is 2.00. The molecule has 0 saturated carbocycles. The average Bonchev–Trinajstić information content (AvgIpc) is 2.93. The number of hydrogen-bond donors (Lipinski definition) is 1. The van der Waals surface area contributed by atoms with Crippen LogP contribution in [0.15, 0.2) is 30.6 Å². The highest BCUT2D eigenvalue weighted by Gasteiger charge is 2.08. The molecule has 0 saturated heterocycles. The van der Waals surface area contributed by atoms with E-state index in [1.54, 1.807) is 6.33 Å². The van der Waals surface area contributed by atoms with E-state index in [0.29, 0.717) is 6.61 Å². The fourth-order valence-electron chi connectivity index (χ4n) is 2.00. The summed E-state index contributed by atoms with van der Waals surface area (Å²) in [5.74, 6) is 1.64. The first kappa shape index (κ1) is 14.5. The Balaban J connectivity index is 1.99. The molecule has 2 rings (SSSR count). The van der Waals surface area contributed by atoms with Gasteiger partial charge in [-0.2, -0.15) is 5.10 Å². The van der Waals surface area contributed by atoms with E-state index in [1.807, 2.05) is 28.9 Å². The summed E-state index contributed by atoms with van der Waals surface area (Å²) in [4.78, 5) is 4.22. The third-order valence-electron chi connectivity index (χ3n) is 3.25. The van der Waals surface area contributed by atoms with Gasteiger partial charge in [-0.3, -0.25) is 0 Å². The van der Waals surface area contributed by atoms with Crippen LogP contribution in [-0.4, -0.2) is 14.8 Å². The summed E-state index contributed by atoms with van der Waals surface area (Å²) < 4.78 is 7.61. The summed E-state index contributed by atoms with van der Waals surface area (Å²) in [7, 11) is 0. The average molecular weight is 274 g/mol. The highest BCUT2D eigenvalue weighted by Crippen LogP contribution is 2.19. The van der Waals surface area contributed by atoms with E-state index in [1.165, 1.54) is 0 Å². The van der Waals surface area contributed by atoms with Crippen molar-refractivity contribution in [3.8, 4) is 5.75 Å². The van der Waals surface area contributed by atoms with Gasteiger partial charge in [0.25, 0.3) is 0 Å². The molecule has 0 aliphatic heterocycles. The Kier molecular flexibility index (Phi) is 4.74. The number of ether oxygens (including phenoxy) is 1. The van der Waals surface area contributed by atoms with Gasteiger partial charge >= 0.3 is 0 Å². The van der Waals surface area contributed by atoms with Gasteiger partial charge in [0.1, 0.15) is 18.7 Å². The second kappa shape index (κ2) is 6.52. The Labute approximate surface area is 119 Å². The van der Waals surface area contributed by atoms with Crippen molar-refractivity contribution in [3.63, 3.8) is 0 Å². The quantitative estimate of drug-likeness (QED) is 0.879. The summed E-state index contributed by atoms with van der Waals surface area (Å²) in [6.07, 6.45) is 2.49. The van der Waals surface area contributed by atoms with E-state index < -0.39 is 0 Å². The van der Waals surface area contributed by atoms with Gasteiger partial charge in [0.2, 0.25) is 0 Å². The van der Waals surface area contributed by atoms with E-state index in [0.717, 1.165) is 23.6 Å². The largest absolute Gasteiger partial charge is 0.486 e. The van der Waals surface area contributed by atoms with Gasteiger partial charge in [-0.1, -0.05) is 19.1 Å². The molecule has 2 aromatic rings. The van der Waals surface area contributed by atoms with Crippen molar-refractivity contribution in [2.45, 2.75) is 45.9 Å². The van der Waals surface area contributed by atoms with Crippen LogP contribution in [0, 0.1) is 0 Å². The van der Waals surface area contributed by atoms with Crippen molar-refractivity contribution >= 4 is 0 Å². The molecule has 5 heteroatoms. The number of rotatable bonds is 6. The van der Waals surface area contributed by atoms with Crippen LogP contribution in [0.1, 0.15) is 50.7 Å². The summed E-state index contributed by atoms with van der Waals surface area (Å²) in [6.45, 7) is 6.63. The topological polar surface area (TPSA) is 66.0 Å². The molecular weight excluding hydrogens is 252 g/mol. The molecule has 0 fully saturated rings. The van der Waals surface area contributed by atoms with E-state index >= 15 is 0 Å². The second-order valence-corrected chi connectivity index (χ2v) is 5.09. The number of aromatic nitrogens is 3. The highest BCUT2D eigenvalue weighted by molar-refractivity contribution is 5.29. The third-order valence-corrected chi connectivity index (χ3v) is 3.25. The maximum absolute atomic E-state index is 5.99. The van der Waals surface area contributed by atoms with Crippen LogP contribution in [0.5, 0.6) is 5.75 Å². The maximum Gasteiger partial charge on any atom is 0.165 e. The number of nitrogens with two attached hydrogens (primary N) is 1. The minimum absolute atomic E-state index is 0.0908. The SMILES string of the molecule is CC[C@@H](N)c1ccc(OCc2ncnn2C(C)C)cc1. The first-order valence-electron chi connectivity index (χ1n) is 6.98. The Morgan fingerprint density at radius 1 is 1.25 bits per heavy atom. The minimum atomic E-state index is 0.0908. The van der Waals surface area contributed by atoms with E-state index in [2.05, 4.69) is 30.9 Å². The van der Waals surface area contributed by atoms with Gasteiger partial charge in [0.15, 0.2) is 5.82 Å². The first-order chi connectivity index (χ1) is 9.61. The number of hydrogen-bond acceptors (Lipinski definition) is 4. The van der Waals surface area contributed by atoms with Crippen molar-refractivity contribution in [1.82, 2.24) is 14.8 Å². The van der Waals surface area contributed by atoms with Crippen LogP contribution < -0.4 is 10.5 Å². The molecule has 1 aromatic heterocycles. The molecule has 1 heterocycles. The lowest BCUT2D eigenvalue weighted by Gasteiger charge is -2.12. The smallest absolute Gasteiger partial charge is 0.165 e. The van der Waals surface area contributed by atoms with Gasteiger partial charge in [0, 0.05) is 12.1 Å². The summed E-state index contributed by atoms with van der Waals surface area (Å²) >= 11 is 0. The van der Waals surface area contributed by atoms with Gasteiger partial charge < -0.3 is 10.5 Å². The van der Waals surface area contributed by atoms with Crippen LogP contribution in [-0.2, 0) is 6.61 Å². The lowest BCUT2D eigenvalue weighted by molar-refractivity contribution is 0.282. The first-order valence-corrected chi connectivity index (χ1v) is 6.98. The molecule has 5 nitrogen and oxygen atoms in total. The predicted molar refractivity (Wildman–Crippen MR) is 78.4 cm³/mol. The molecule has 20 heavy (non-hydrogen) atoms. The summed E-state index contributed by atoms with van der Waals surface area (Å²) in [6, 6.07) is 8.28. The normalized spacial score (nSPS) is 12.7. The van der Waals surface area contributed by atoms with Crippen LogP contribution in [0.3, 0.4) is 0 Å². The Hall–Kier alpha value is -1.88. The minimum Gasteiger partial charge on any atom is -0.486 e. The lowest BCUT2D eigenvalue weighted by Crippen LogP contribution is -2.11. The molecule has 0 radical (unpaired) electrons. The Bertz CT molecular complexity index is 533. The van der Waals surface area contributed by atoms with Gasteiger partial charge in [-0.05, 0) is 38.0 Å². The van der Waals surface area contributed by atoms with Crippen LogP contribution in [0.25, 0.3) is 0 Å². The molecule has 0 unspecified atom stereocenters. The summed E-state index contributed by atoms with van der Waals surface area (Å²) in [5, 5.41) is 4.19. The van der Waals surface area contributed by atoms with Gasteiger partial charge in [-0.25, -0.2) is 9.67 Å². The molecule has 1 aromatic carbocycles. The lowest BCUT2D eigenvalue weighted by atomic mass is 10.1. The molecule has 0 amide bonds. The van der Waals surface area contributed by atoms with Crippen molar-refractivity contribution in [1.29, 1.82) is 0 Å². The third kappa shape index (κ3) is 3.36. The molecule has 0 bridgehead atoms. The molecular formula is C15H22N4O. The van der Waals surface area contributed by atoms with E-state index in [9.17, 15) is 0 Å². The van der Waals surface area contributed by atoms with Crippen molar-refractivity contribution in [3.05, 3.63) is 42.0 Å². The Morgan fingerprint density at radius 2 is 1.95 bits per heavy atom. The zero-order chi connectivity index (χ0) is 14.5. The number of nitrogens with zero attached hydrogens (tertiary/aromatic N) is 3.